The summed E-state index contributed by atoms with van der Waals surface area (Å²) in [5.41, 5.74) is 1.32. The maximum absolute atomic E-state index is 13.0. The molecule has 1 aliphatic heterocycles. The first-order valence-corrected chi connectivity index (χ1v) is 10.6. The Kier molecular flexibility index (Phi) is 5.34. The lowest BCUT2D eigenvalue weighted by atomic mass is 10.1. The molecule has 0 aliphatic carbocycles. The molecule has 0 radical (unpaired) electrons. The second-order valence-corrected chi connectivity index (χ2v) is 8.30. The second-order valence-electron chi connectivity index (χ2n) is 6.59. The number of ether oxygens (including phenoxy) is 1. The van der Waals surface area contributed by atoms with Crippen LogP contribution in [0.2, 0.25) is 0 Å². The monoisotopic (exact) mass is 426 g/mol. The highest BCUT2D eigenvalue weighted by Gasteiger charge is 2.34. The van der Waals surface area contributed by atoms with Crippen LogP contribution in [-0.2, 0) is 19.6 Å². The number of imide groups is 1. The number of cyclic esters (lactones) is 1. The van der Waals surface area contributed by atoms with Crippen molar-refractivity contribution in [3.05, 3.63) is 78.6 Å². The molecule has 1 fully saturated rings. The van der Waals surface area contributed by atoms with E-state index in [2.05, 4.69) is 9.82 Å². The fraction of sp³-hybridized carbons (Fsp3) is 0.150. The number of carbonyl (C=O) groups excluding carboxylic acids is 2. The van der Waals surface area contributed by atoms with E-state index in [0.29, 0.717) is 11.3 Å². The Morgan fingerprint density at radius 3 is 2.37 bits per heavy atom. The minimum atomic E-state index is -3.94. The minimum absolute atomic E-state index is 0.0506. The SMILES string of the molecule is O=C1COC(=O)N1C[C@H](NS(=O)(=O)c1ccc(-n2cccn2)cc1)c1ccccc1. The van der Waals surface area contributed by atoms with E-state index in [1.807, 2.05) is 0 Å². The first-order valence-electron chi connectivity index (χ1n) is 9.08. The van der Waals surface area contributed by atoms with Crippen LogP contribution < -0.4 is 4.72 Å². The lowest BCUT2D eigenvalue weighted by Crippen LogP contribution is -2.40. The summed E-state index contributed by atoms with van der Waals surface area (Å²) < 4.78 is 34.9. The highest BCUT2D eigenvalue weighted by molar-refractivity contribution is 7.89. The fourth-order valence-electron chi connectivity index (χ4n) is 3.09. The largest absolute Gasteiger partial charge is 0.439 e. The first-order chi connectivity index (χ1) is 14.4. The number of hydrogen-bond donors (Lipinski definition) is 1. The number of rotatable bonds is 7. The van der Waals surface area contributed by atoms with Gasteiger partial charge in [-0.25, -0.2) is 27.5 Å². The van der Waals surface area contributed by atoms with Crippen LogP contribution in [-0.4, -0.2) is 48.3 Å². The maximum atomic E-state index is 13.0. The van der Waals surface area contributed by atoms with E-state index in [9.17, 15) is 18.0 Å². The van der Waals surface area contributed by atoms with Gasteiger partial charge in [0.25, 0.3) is 5.91 Å². The quantitative estimate of drug-likeness (QED) is 0.618. The molecule has 10 heteroatoms. The number of amides is 2. The Bertz CT molecular complexity index is 1130. The standard InChI is InChI=1S/C20H18N4O5S/c25-19-14-29-20(26)23(19)13-18(15-5-2-1-3-6-15)22-30(27,28)17-9-7-16(8-10-17)24-12-4-11-21-24/h1-12,18,22H,13-14H2/t18-/m0/s1. The molecule has 3 aromatic rings. The van der Waals surface area contributed by atoms with Crippen molar-refractivity contribution in [2.45, 2.75) is 10.9 Å². The Hall–Kier alpha value is -3.50. The molecule has 2 amide bonds. The van der Waals surface area contributed by atoms with Gasteiger partial charge >= 0.3 is 6.09 Å². The molecule has 0 unspecified atom stereocenters. The Balaban J connectivity index is 1.59. The topological polar surface area (TPSA) is 111 Å². The van der Waals surface area contributed by atoms with Crippen LogP contribution in [0.5, 0.6) is 0 Å². The van der Waals surface area contributed by atoms with Crippen LogP contribution in [0.1, 0.15) is 11.6 Å². The zero-order chi connectivity index (χ0) is 21.1. The predicted octanol–water partition coefficient (Wildman–Crippen LogP) is 1.87. The average molecular weight is 426 g/mol. The van der Waals surface area contributed by atoms with Crippen molar-refractivity contribution in [2.24, 2.45) is 0 Å². The zero-order valence-corrected chi connectivity index (χ0v) is 16.5. The van der Waals surface area contributed by atoms with Crippen LogP contribution in [0.25, 0.3) is 5.69 Å². The molecular weight excluding hydrogens is 408 g/mol. The molecule has 0 saturated carbocycles. The number of benzene rings is 2. The smallest absolute Gasteiger partial charge is 0.417 e. The fourth-order valence-corrected chi connectivity index (χ4v) is 4.31. The number of sulfonamides is 1. The van der Waals surface area contributed by atoms with Crippen molar-refractivity contribution < 1.29 is 22.7 Å². The molecule has 0 bridgehead atoms. The van der Waals surface area contributed by atoms with Gasteiger partial charge in [0.2, 0.25) is 10.0 Å². The second kappa shape index (κ2) is 8.09. The molecule has 154 valence electrons. The number of nitrogens with one attached hydrogen (secondary N) is 1. The number of nitrogens with zero attached hydrogens (tertiary/aromatic N) is 3. The van der Waals surface area contributed by atoms with Crippen molar-refractivity contribution in [3.8, 4) is 5.69 Å². The summed E-state index contributed by atoms with van der Waals surface area (Å²) in [6.45, 7) is -0.520. The van der Waals surface area contributed by atoms with Crippen molar-refractivity contribution >= 4 is 22.0 Å². The van der Waals surface area contributed by atoms with Crippen molar-refractivity contribution in [1.82, 2.24) is 19.4 Å². The van der Waals surface area contributed by atoms with E-state index in [-0.39, 0.29) is 18.0 Å². The van der Waals surface area contributed by atoms with E-state index in [1.165, 1.54) is 12.1 Å². The highest BCUT2D eigenvalue weighted by Crippen LogP contribution is 2.21. The molecule has 1 aromatic heterocycles. The van der Waals surface area contributed by atoms with Gasteiger partial charge in [0.05, 0.1) is 23.2 Å². The van der Waals surface area contributed by atoms with Gasteiger partial charge in [0.15, 0.2) is 6.61 Å². The number of aromatic nitrogens is 2. The summed E-state index contributed by atoms with van der Waals surface area (Å²) >= 11 is 0. The summed E-state index contributed by atoms with van der Waals surface area (Å²) in [6, 6.07) is 15.9. The van der Waals surface area contributed by atoms with Gasteiger partial charge in [0.1, 0.15) is 0 Å². The molecule has 1 atom stereocenters. The van der Waals surface area contributed by atoms with Gasteiger partial charge in [-0.1, -0.05) is 30.3 Å². The molecule has 1 aliphatic rings. The van der Waals surface area contributed by atoms with Crippen LogP contribution in [0.3, 0.4) is 0 Å². The van der Waals surface area contributed by atoms with Crippen LogP contribution in [0.4, 0.5) is 4.79 Å². The summed E-state index contributed by atoms with van der Waals surface area (Å²) in [4.78, 5) is 24.7. The molecule has 1 saturated heterocycles. The first kappa shape index (κ1) is 19.8. The molecule has 0 spiro atoms. The van der Waals surface area contributed by atoms with Gasteiger partial charge in [-0.3, -0.25) is 4.79 Å². The molecule has 4 rings (SSSR count). The van der Waals surface area contributed by atoms with E-state index >= 15 is 0 Å². The molecular formula is C20H18N4O5S. The molecule has 1 N–H and O–H groups in total. The van der Waals surface area contributed by atoms with Crippen molar-refractivity contribution in [1.29, 1.82) is 0 Å². The summed E-state index contributed by atoms with van der Waals surface area (Å²) in [5, 5.41) is 4.11. The van der Waals surface area contributed by atoms with E-state index < -0.39 is 28.1 Å². The average Bonchev–Trinajstić information content (AvgIpc) is 3.40. The zero-order valence-electron chi connectivity index (χ0n) is 15.7. The normalized spacial score (nSPS) is 15.3. The third-order valence-electron chi connectivity index (χ3n) is 4.62. The van der Waals surface area contributed by atoms with Gasteiger partial charge in [-0.05, 0) is 35.9 Å². The van der Waals surface area contributed by atoms with Gasteiger partial charge in [-0.15, -0.1) is 0 Å². The minimum Gasteiger partial charge on any atom is -0.439 e. The molecule has 30 heavy (non-hydrogen) atoms. The third kappa shape index (κ3) is 4.09. The lowest BCUT2D eigenvalue weighted by molar-refractivity contribution is -0.126. The number of carbonyl (C=O) groups is 2. The summed E-state index contributed by atoms with van der Waals surface area (Å²) in [7, 11) is -3.94. The van der Waals surface area contributed by atoms with Gasteiger partial charge in [0, 0.05) is 12.4 Å². The van der Waals surface area contributed by atoms with Gasteiger partial charge in [-0.2, -0.15) is 5.10 Å². The van der Waals surface area contributed by atoms with Crippen molar-refractivity contribution in [3.63, 3.8) is 0 Å². The third-order valence-corrected chi connectivity index (χ3v) is 6.11. The Morgan fingerprint density at radius 2 is 1.77 bits per heavy atom. The summed E-state index contributed by atoms with van der Waals surface area (Å²) in [6.07, 6.45) is 2.59. The van der Waals surface area contributed by atoms with Crippen LogP contribution in [0.15, 0.2) is 78.0 Å². The van der Waals surface area contributed by atoms with E-state index in [0.717, 1.165) is 4.90 Å². The Morgan fingerprint density at radius 1 is 1.03 bits per heavy atom. The lowest BCUT2D eigenvalue weighted by Gasteiger charge is -2.22. The summed E-state index contributed by atoms with van der Waals surface area (Å²) in [5.74, 6) is -0.510. The molecule has 2 heterocycles. The molecule has 9 nitrogen and oxygen atoms in total. The predicted molar refractivity (Wildman–Crippen MR) is 106 cm³/mol. The molecule has 2 aromatic carbocycles. The van der Waals surface area contributed by atoms with Gasteiger partial charge < -0.3 is 4.74 Å². The van der Waals surface area contributed by atoms with E-state index in [1.54, 1.807) is 65.6 Å². The maximum Gasteiger partial charge on any atom is 0.417 e. The Labute approximate surface area is 172 Å². The van der Waals surface area contributed by atoms with E-state index in [4.69, 9.17) is 4.74 Å². The van der Waals surface area contributed by atoms with Crippen LogP contribution >= 0.6 is 0 Å². The number of hydrogen-bond acceptors (Lipinski definition) is 6. The van der Waals surface area contributed by atoms with Crippen molar-refractivity contribution in [2.75, 3.05) is 13.2 Å². The van der Waals surface area contributed by atoms with Crippen LogP contribution in [0, 0.1) is 0 Å². The highest BCUT2D eigenvalue weighted by atomic mass is 32.2.